The lowest BCUT2D eigenvalue weighted by molar-refractivity contribution is -0.154. The van der Waals surface area contributed by atoms with Gasteiger partial charge in [-0.05, 0) is 178 Å². The van der Waals surface area contributed by atoms with Crippen LogP contribution in [0.1, 0.15) is 166 Å². The first kappa shape index (κ1) is 59.9. The van der Waals surface area contributed by atoms with E-state index >= 15 is 0 Å². The van der Waals surface area contributed by atoms with E-state index in [4.69, 9.17) is 63.5 Å². The molecule has 0 amide bonds. The fourth-order valence-electron chi connectivity index (χ4n) is 4.49. The van der Waals surface area contributed by atoms with Crippen LogP contribution in [0.4, 0.5) is 0 Å². The van der Waals surface area contributed by atoms with Crippen molar-refractivity contribution in [1.82, 2.24) is 0 Å². The zero-order valence-electron chi connectivity index (χ0n) is 40.1. The Bertz CT molecular complexity index is 904. The molecule has 345 valence electrons. The lowest BCUT2D eigenvalue weighted by Gasteiger charge is -2.44. The molecule has 1 radical (unpaired) electrons. The molecule has 57 heavy (non-hydrogen) atoms. The first-order valence-electron chi connectivity index (χ1n) is 20.7. The van der Waals surface area contributed by atoms with Crippen LogP contribution >= 0.6 is 0 Å². The Morgan fingerprint density at radius 2 is 0.561 bits per heavy atom. The van der Waals surface area contributed by atoms with E-state index < -0.39 is 51.3 Å². The minimum Gasteiger partial charge on any atom is -0.632 e. The lowest BCUT2D eigenvalue weighted by Crippen LogP contribution is -2.68. The third kappa shape index (κ3) is 29.7. The second kappa shape index (κ2) is 28.4. The molecule has 0 rings (SSSR count). The van der Waals surface area contributed by atoms with Crippen LogP contribution < -0.4 is 0 Å². The summed E-state index contributed by atoms with van der Waals surface area (Å²) in [6.07, 6.45) is -2.44. The summed E-state index contributed by atoms with van der Waals surface area (Å²) in [5.41, 5.74) is 0. The Labute approximate surface area is 357 Å². The highest BCUT2D eigenvalue weighted by atomic mass is 28.5. The van der Waals surface area contributed by atoms with Crippen molar-refractivity contribution >= 4 is 51.3 Å². The van der Waals surface area contributed by atoms with Gasteiger partial charge in [-0.1, -0.05) is 0 Å². The summed E-state index contributed by atoms with van der Waals surface area (Å²) in [6, 6.07) is 0. The van der Waals surface area contributed by atoms with Crippen LogP contribution in [0.15, 0.2) is 0 Å². The Balaban J connectivity index is 0. The molecular formula is C36H86AlO16Si4. The predicted octanol–water partition coefficient (Wildman–Crippen LogP) is 7.35. The van der Waals surface area contributed by atoms with Gasteiger partial charge in [-0.2, -0.15) is 0 Å². The molecule has 0 unspecified atom stereocenters. The number of hydrogen-bond donors (Lipinski definition) is 1. The number of hydrogen-bond acceptors (Lipinski definition) is 15. The Morgan fingerprint density at radius 1 is 0.333 bits per heavy atom. The second-order valence-electron chi connectivity index (χ2n) is 16.7. The first-order chi connectivity index (χ1) is 25.8. The van der Waals surface area contributed by atoms with E-state index in [0.717, 1.165) is 0 Å². The van der Waals surface area contributed by atoms with Crippen LogP contribution in [-0.2, 0) is 59.4 Å². The normalized spacial score (nSPS) is 14.0. The molecule has 0 spiro atoms. The molecule has 2 N–H and O–H groups in total. The van der Waals surface area contributed by atoms with E-state index in [-0.39, 0.29) is 73.2 Å². The van der Waals surface area contributed by atoms with Gasteiger partial charge in [0.25, 0.3) is 0 Å². The summed E-state index contributed by atoms with van der Waals surface area (Å²) in [5, 5.41) is 0. The summed E-state index contributed by atoms with van der Waals surface area (Å²) >= 11 is -2.77. The molecule has 16 nitrogen and oxygen atoms in total. The van der Waals surface area contributed by atoms with Crippen LogP contribution in [-0.4, -0.2) is 133 Å². The van der Waals surface area contributed by atoms with Gasteiger partial charge in [-0.15, -0.1) is 0 Å². The van der Waals surface area contributed by atoms with E-state index in [1.54, 1.807) is 27.7 Å². The SMILES string of the molecule is CC(C)O[Si](OC(C)C)(OC(C)C)[OH+][Si](OC(C)C)(OC(C)C)OC(C)C.CC(C)[O][Al-]([O]C(C)C)[O][Si](OC(C)C)(OC(C)C)O[Si](O)(OC(C)C)OC(C)C. The van der Waals surface area contributed by atoms with Gasteiger partial charge >= 0.3 is 51.3 Å². The van der Waals surface area contributed by atoms with Crippen LogP contribution in [0.3, 0.4) is 0 Å². The summed E-state index contributed by atoms with van der Waals surface area (Å²) in [4.78, 5) is 11.2. The average Bonchev–Trinajstić information content (AvgIpc) is 2.87. The van der Waals surface area contributed by atoms with Crippen molar-refractivity contribution in [2.75, 3.05) is 0 Å². The molecule has 0 aliphatic carbocycles. The second-order valence-corrected chi connectivity index (χ2v) is 27.0. The zero-order chi connectivity index (χ0) is 45.1. The lowest BCUT2D eigenvalue weighted by atomic mass is 10.5. The molecule has 0 aromatic carbocycles. The summed E-state index contributed by atoms with van der Waals surface area (Å²) in [6.45, 7) is 45.2. The van der Waals surface area contributed by atoms with E-state index in [1.165, 1.54) is 0 Å². The Morgan fingerprint density at radius 3 is 0.754 bits per heavy atom. The summed E-state index contributed by atoms with van der Waals surface area (Å²) in [5.74, 6) is 0. The maximum absolute atomic E-state index is 11.2. The smallest absolute Gasteiger partial charge is 0.632 e. The highest BCUT2D eigenvalue weighted by Crippen LogP contribution is 2.28. The van der Waals surface area contributed by atoms with Crippen molar-refractivity contribution in [2.45, 2.75) is 239 Å². The van der Waals surface area contributed by atoms with Gasteiger partial charge in [0.05, 0.1) is 36.6 Å². The molecule has 0 aromatic rings. The van der Waals surface area contributed by atoms with E-state index in [2.05, 4.69) is 0 Å². The average molecular weight is 914 g/mol. The van der Waals surface area contributed by atoms with Gasteiger partial charge in [0.1, 0.15) is 0 Å². The molecule has 0 heterocycles. The van der Waals surface area contributed by atoms with E-state index in [0.29, 0.717) is 0 Å². The minimum atomic E-state index is -4.19. The maximum atomic E-state index is 11.2. The van der Waals surface area contributed by atoms with Crippen molar-refractivity contribution < 1.29 is 68.3 Å². The van der Waals surface area contributed by atoms with Crippen LogP contribution in [0.2, 0.25) is 0 Å². The molecule has 0 fully saturated rings. The quantitative estimate of drug-likeness (QED) is 0.0562. The highest BCUT2D eigenvalue weighted by molar-refractivity contribution is 6.71. The van der Waals surface area contributed by atoms with Crippen LogP contribution in [0.5, 0.6) is 0 Å². The first-order valence-corrected chi connectivity index (χ1v) is 28.8. The topological polar surface area (TPSA) is 162 Å². The molecule has 0 saturated carbocycles. The van der Waals surface area contributed by atoms with Crippen molar-refractivity contribution in [1.29, 1.82) is 0 Å². The minimum absolute atomic E-state index is 0.137. The third-order valence-corrected chi connectivity index (χ3v) is 20.7. The van der Waals surface area contributed by atoms with E-state index in [9.17, 15) is 4.80 Å². The molecule has 0 aliphatic heterocycles. The van der Waals surface area contributed by atoms with Crippen molar-refractivity contribution in [3.8, 4) is 0 Å². The van der Waals surface area contributed by atoms with Crippen molar-refractivity contribution in [3.05, 3.63) is 0 Å². The molecule has 0 atom stereocenters. The monoisotopic (exact) mass is 913 g/mol. The van der Waals surface area contributed by atoms with Gasteiger partial charge < -0.3 is 68.3 Å². The van der Waals surface area contributed by atoms with Gasteiger partial charge in [-0.3, -0.25) is 0 Å². The predicted molar refractivity (Wildman–Crippen MR) is 230 cm³/mol. The van der Waals surface area contributed by atoms with Crippen LogP contribution in [0.25, 0.3) is 0 Å². The molecule has 0 saturated heterocycles. The van der Waals surface area contributed by atoms with Crippen LogP contribution in [0, 0.1) is 0 Å². The number of rotatable bonds is 30. The summed E-state index contributed by atoms with van der Waals surface area (Å²) in [7, 11) is -15.2. The molecule has 0 aliphatic rings. The fraction of sp³-hybridized carbons (Fsp3) is 1.00. The highest BCUT2D eigenvalue weighted by Gasteiger charge is 2.73. The fourth-order valence-corrected chi connectivity index (χ4v) is 18.9. The van der Waals surface area contributed by atoms with Crippen molar-refractivity contribution in [2.24, 2.45) is 0 Å². The molecule has 0 bridgehead atoms. The van der Waals surface area contributed by atoms with Gasteiger partial charge in [0.2, 0.25) is 0 Å². The van der Waals surface area contributed by atoms with E-state index in [1.807, 2.05) is 138 Å². The third-order valence-electron chi connectivity index (χ3n) is 5.37. The van der Waals surface area contributed by atoms with Gasteiger partial charge in [0.15, 0.2) is 0 Å². The Kier molecular flexibility index (Phi) is 29.9. The van der Waals surface area contributed by atoms with Crippen molar-refractivity contribution in [3.63, 3.8) is 0 Å². The molecule has 21 heteroatoms. The standard InChI is InChI=1S/C18H42O7Si2.C12H29O7Si2.2C3H7O.Al/c1-13(2)19-26(20-14(3)4,21-15(5)6)25-27(22-16(7)8,23-17(9)10)24-18(11)12;1-9(2)15-20(13,16-10(3)4)19-21(14,17-11(5)6)18-12(7)8;2*1-3(2)4;/h13-18H,1-12H3;9-13H,1-8H3;2*3H,1-2H3;/q;3*-1;+2/p+1. The Hall–Kier alpha value is 0.760. The largest absolute Gasteiger partial charge is 0.891 e. The van der Waals surface area contributed by atoms with Gasteiger partial charge in [-0.25, -0.2) is 0 Å². The zero-order valence-corrected chi connectivity index (χ0v) is 45.3. The van der Waals surface area contributed by atoms with Gasteiger partial charge in [0, 0.05) is 24.4 Å². The molecular weight excluding hydrogens is 828 g/mol. The summed E-state index contributed by atoms with van der Waals surface area (Å²) < 4.78 is 89.6. The molecule has 0 aromatic heterocycles. The maximum Gasteiger partial charge on any atom is 0.891 e.